The number of halogens is 2. The van der Waals surface area contributed by atoms with Gasteiger partial charge in [0.25, 0.3) is 0 Å². The van der Waals surface area contributed by atoms with Gasteiger partial charge in [-0.25, -0.2) is 9.97 Å². The molecule has 4 rings (SSSR count). The molecule has 0 radical (unpaired) electrons. The highest BCUT2D eigenvalue weighted by Crippen LogP contribution is 2.31. The smallest absolute Gasteiger partial charge is 0.166 e. The first-order chi connectivity index (χ1) is 12.6. The summed E-state index contributed by atoms with van der Waals surface area (Å²) in [7, 11) is 0. The van der Waals surface area contributed by atoms with Crippen molar-refractivity contribution < 1.29 is 0 Å². The Bertz CT molecular complexity index is 821. The molecule has 5 heteroatoms. The minimum absolute atomic E-state index is 0.245. The summed E-state index contributed by atoms with van der Waals surface area (Å²) < 4.78 is 0. The molecule has 1 fully saturated rings. The van der Waals surface area contributed by atoms with E-state index in [1.54, 1.807) is 0 Å². The van der Waals surface area contributed by atoms with Crippen LogP contribution in [0.5, 0.6) is 0 Å². The molecule has 26 heavy (non-hydrogen) atoms. The average molecular weight is 388 g/mol. The molecular weight excluding hydrogens is 365 g/mol. The van der Waals surface area contributed by atoms with Crippen LogP contribution in [-0.2, 0) is 0 Å². The minimum Gasteiger partial charge on any atom is -0.316 e. The van der Waals surface area contributed by atoms with Gasteiger partial charge in [-0.15, -0.1) is 0 Å². The van der Waals surface area contributed by atoms with Gasteiger partial charge in [-0.05, 0) is 54.1 Å². The van der Waals surface area contributed by atoms with E-state index < -0.39 is 0 Å². The molecule has 2 atom stereocenters. The lowest BCUT2D eigenvalue weighted by molar-refractivity contribution is 0.485. The maximum atomic E-state index is 5.40. The number of aromatic nitrogens is 2. The van der Waals surface area contributed by atoms with E-state index in [0.29, 0.717) is 5.92 Å². The van der Waals surface area contributed by atoms with E-state index in [4.69, 9.17) is 23.2 Å². The summed E-state index contributed by atoms with van der Waals surface area (Å²) in [6.45, 7) is 4.78. The highest BCUT2D eigenvalue weighted by molar-refractivity contribution is 6.40. The van der Waals surface area contributed by atoms with E-state index in [0.717, 1.165) is 5.92 Å². The van der Waals surface area contributed by atoms with Crippen LogP contribution in [0.15, 0.2) is 54.9 Å². The normalized spacial score (nSPS) is 17.6. The molecule has 1 aromatic heterocycles. The van der Waals surface area contributed by atoms with E-state index in [9.17, 15) is 0 Å². The number of rotatable bonds is 3. The summed E-state index contributed by atoms with van der Waals surface area (Å²) in [6, 6.07) is 15.4. The van der Waals surface area contributed by atoms with Crippen LogP contribution < -0.4 is 5.32 Å². The SMILES string of the molecule is C[C@@H](C[C@@H]1CCNC1)c1cccc2ccccc12.Clc1nccnc1Cl. The molecule has 1 saturated heterocycles. The summed E-state index contributed by atoms with van der Waals surface area (Å²) in [5, 5.41) is 6.75. The lowest BCUT2D eigenvalue weighted by Crippen LogP contribution is -2.11. The monoisotopic (exact) mass is 387 g/mol. The zero-order chi connectivity index (χ0) is 18.4. The largest absolute Gasteiger partial charge is 0.316 e. The van der Waals surface area contributed by atoms with Crippen molar-refractivity contribution in [1.29, 1.82) is 0 Å². The molecule has 136 valence electrons. The number of benzene rings is 2. The van der Waals surface area contributed by atoms with Crippen LogP contribution in [0.25, 0.3) is 10.8 Å². The topological polar surface area (TPSA) is 37.8 Å². The molecule has 0 bridgehead atoms. The second-order valence-corrected chi connectivity index (χ2v) is 7.42. The molecule has 2 heterocycles. The fraction of sp³-hybridized carbons (Fsp3) is 0.333. The lowest BCUT2D eigenvalue weighted by Gasteiger charge is -2.18. The van der Waals surface area contributed by atoms with Crippen LogP contribution in [-0.4, -0.2) is 23.1 Å². The summed E-state index contributed by atoms with van der Waals surface area (Å²) in [5.74, 6) is 1.51. The van der Waals surface area contributed by atoms with E-state index >= 15 is 0 Å². The van der Waals surface area contributed by atoms with Crippen molar-refractivity contribution in [2.24, 2.45) is 5.92 Å². The highest BCUT2D eigenvalue weighted by atomic mass is 35.5. The van der Waals surface area contributed by atoms with Gasteiger partial charge in [0.05, 0.1) is 0 Å². The number of fused-ring (bicyclic) bond motifs is 1. The molecular formula is C21H23Cl2N3. The minimum atomic E-state index is 0.245. The zero-order valence-electron chi connectivity index (χ0n) is 14.8. The van der Waals surface area contributed by atoms with Gasteiger partial charge >= 0.3 is 0 Å². The molecule has 1 aliphatic heterocycles. The molecule has 0 unspecified atom stereocenters. The van der Waals surface area contributed by atoms with Crippen LogP contribution in [0.1, 0.15) is 31.2 Å². The van der Waals surface area contributed by atoms with Crippen molar-refractivity contribution in [2.75, 3.05) is 13.1 Å². The summed E-state index contributed by atoms with van der Waals surface area (Å²) >= 11 is 10.8. The van der Waals surface area contributed by atoms with Crippen molar-refractivity contribution in [3.05, 3.63) is 70.7 Å². The predicted octanol–water partition coefficient (Wildman–Crippen LogP) is 5.73. The Morgan fingerprint density at radius 2 is 1.73 bits per heavy atom. The second-order valence-electron chi connectivity index (χ2n) is 6.70. The lowest BCUT2D eigenvalue weighted by atomic mass is 9.87. The fourth-order valence-electron chi connectivity index (χ4n) is 3.53. The molecule has 2 aromatic carbocycles. The Labute approximate surface area is 164 Å². The third kappa shape index (κ3) is 4.94. The first kappa shape index (κ1) is 19.1. The Morgan fingerprint density at radius 1 is 1.04 bits per heavy atom. The van der Waals surface area contributed by atoms with Crippen LogP contribution in [0.4, 0.5) is 0 Å². The van der Waals surface area contributed by atoms with Gasteiger partial charge in [-0.1, -0.05) is 72.6 Å². The Hall–Kier alpha value is -1.68. The van der Waals surface area contributed by atoms with Crippen LogP contribution in [0.2, 0.25) is 10.3 Å². The first-order valence-corrected chi connectivity index (χ1v) is 9.71. The van der Waals surface area contributed by atoms with Gasteiger partial charge in [-0.2, -0.15) is 0 Å². The van der Waals surface area contributed by atoms with Crippen molar-refractivity contribution in [3.63, 3.8) is 0 Å². The standard InChI is InChI=1S/C17H21N.C4H2Cl2N2/c1-13(11-14-9-10-18-12-14)16-8-4-6-15-5-2-3-7-17(15)16;5-3-4(6)8-2-1-7-3/h2-8,13-14,18H,9-12H2,1H3;1-2H/t13-,14-;/m0./s1. The van der Waals surface area contributed by atoms with Gasteiger partial charge in [0.15, 0.2) is 10.3 Å². The number of nitrogens with one attached hydrogen (secondary N) is 1. The predicted molar refractivity (Wildman–Crippen MR) is 110 cm³/mol. The van der Waals surface area contributed by atoms with Crippen LogP contribution >= 0.6 is 23.2 Å². The van der Waals surface area contributed by atoms with Crippen molar-refractivity contribution in [2.45, 2.75) is 25.7 Å². The Kier molecular flexibility index (Phi) is 6.84. The van der Waals surface area contributed by atoms with Gasteiger partial charge in [0.2, 0.25) is 0 Å². The van der Waals surface area contributed by atoms with Crippen molar-refractivity contribution >= 4 is 34.0 Å². The summed E-state index contributed by atoms with van der Waals surface area (Å²) in [4.78, 5) is 7.30. The molecule has 0 saturated carbocycles. The molecule has 1 N–H and O–H groups in total. The van der Waals surface area contributed by atoms with Crippen molar-refractivity contribution in [1.82, 2.24) is 15.3 Å². The number of nitrogens with zero attached hydrogens (tertiary/aromatic N) is 2. The Morgan fingerprint density at radius 3 is 2.38 bits per heavy atom. The second kappa shape index (κ2) is 9.31. The number of hydrogen-bond donors (Lipinski definition) is 1. The van der Waals surface area contributed by atoms with Gasteiger partial charge in [0, 0.05) is 12.4 Å². The molecule has 3 aromatic rings. The first-order valence-electron chi connectivity index (χ1n) is 8.95. The number of hydrogen-bond acceptors (Lipinski definition) is 3. The van der Waals surface area contributed by atoms with E-state index in [1.807, 2.05) is 0 Å². The molecule has 0 spiro atoms. The Balaban J connectivity index is 0.000000206. The summed E-state index contributed by atoms with van der Waals surface area (Å²) in [5.41, 5.74) is 1.51. The maximum absolute atomic E-state index is 5.40. The molecule has 1 aliphatic rings. The zero-order valence-corrected chi connectivity index (χ0v) is 16.3. The van der Waals surface area contributed by atoms with Crippen LogP contribution in [0, 0.1) is 5.92 Å². The van der Waals surface area contributed by atoms with Crippen molar-refractivity contribution in [3.8, 4) is 0 Å². The van der Waals surface area contributed by atoms with E-state index in [2.05, 4.69) is 64.7 Å². The van der Waals surface area contributed by atoms with Gasteiger partial charge in [0.1, 0.15) is 0 Å². The van der Waals surface area contributed by atoms with Crippen LogP contribution in [0.3, 0.4) is 0 Å². The third-order valence-electron chi connectivity index (χ3n) is 4.82. The molecule has 3 nitrogen and oxygen atoms in total. The average Bonchev–Trinajstić information content (AvgIpc) is 3.17. The summed E-state index contributed by atoms with van der Waals surface area (Å²) in [6.07, 6.45) is 5.61. The third-order valence-corrected chi connectivity index (χ3v) is 5.47. The quantitative estimate of drug-likeness (QED) is 0.623. The molecule has 0 amide bonds. The maximum Gasteiger partial charge on any atom is 0.166 e. The van der Waals surface area contributed by atoms with E-state index in [-0.39, 0.29) is 10.3 Å². The molecule has 0 aliphatic carbocycles. The highest BCUT2D eigenvalue weighted by Gasteiger charge is 2.19. The van der Waals surface area contributed by atoms with Gasteiger partial charge in [-0.3, -0.25) is 0 Å². The van der Waals surface area contributed by atoms with E-state index in [1.165, 1.54) is 54.7 Å². The fourth-order valence-corrected chi connectivity index (χ4v) is 3.74. The van der Waals surface area contributed by atoms with Gasteiger partial charge < -0.3 is 5.32 Å².